The van der Waals surface area contributed by atoms with Crippen LogP contribution in [0.15, 0.2) is 44.3 Å². The maximum Gasteiger partial charge on any atom is 0.277 e. The van der Waals surface area contributed by atoms with Gasteiger partial charge in [-0.2, -0.15) is 5.10 Å². The standard InChI is InChI=1S/C14H12BrClN2O3/c1-9-2-4-11(21-9)7-17-18-14(19)8-20-13-5-3-10(15)6-12(13)16/h2-7H,8H2,1H3,(H,18,19). The summed E-state index contributed by atoms with van der Waals surface area (Å²) < 4.78 is 11.4. The Morgan fingerprint density at radius 3 is 2.95 bits per heavy atom. The van der Waals surface area contributed by atoms with Crippen LogP contribution >= 0.6 is 27.5 Å². The Kier molecular flexibility index (Phi) is 5.41. The van der Waals surface area contributed by atoms with Crippen molar-refractivity contribution in [1.29, 1.82) is 0 Å². The zero-order valence-electron chi connectivity index (χ0n) is 11.1. The number of aryl methyl sites for hydroxylation is 1. The van der Waals surface area contributed by atoms with Gasteiger partial charge in [0.1, 0.15) is 17.3 Å². The zero-order valence-corrected chi connectivity index (χ0v) is 13.4. The van der Waals surface area contributed by atoms with E-state index in [0.29, 0.717) is 16.5 Å². The van der Waals surface area contributed by atoms with Gasteiger partial charge in [-0.05, 0) is 37.3 Å². The molecule has 7 heteroatoms. The number of halogens is 2. The van der Waals surface area contributed by atoms with E-state index in [4.69, 9.17) is 20.8 Å². The maximum absolute atomic E-state index is 11.6. The minimum absolute atomic E-state index is 0.185. The summed E-state index contributed by atoms with van der Waals surface area (Å²) in [6, 6.07) is 8.70. The van der Waals surface area contributed by atoms with E-state index >= 15 is 0 Å². The van der Waals surface area contributed by atoms with E-state index in [1.54, 1.807) is 24.3 Å². The molecule has 21 heavy (non-hydrogen) atoms. The first-order valence-corrected chi connectivity index (χ1v) is 7.18. The number of nitrogens with zero attached hydrogens (tertiary/aromatic N) is 1. The van der Waals surface area contributed by atoms with Gasteiger partial charge in [0.2, 0.25) is 0 Å². The Hall–Kier alpha value is -1.79. The lowest BCUT2D eigenvalue weighted by Crippen LogP contribution is -2.24. The van der Waals surface area contributed by atoms with Crippen molar-refractivity contribution in [1.82, 2.24) is 5.43 Å². The molecule has 2 aromatic rings. The molecule has 5 nitrogen and oxygen atoms in total. The van der Waals surface area contributed by atoms with Crippen LogP contribution in [0.25, 0.3) is 0 Å². The molecule has 0 saturated heterocycles. The molecule has 1 aromatic heterocycles. The van der Waals surface area contributed by atoms with E-state index in [1.165, 1.54) is 6.21 Å². The number of hydrogen-bond acceptors (Lipinski definition) is 4. The number of hydrazone groups is 1. The minimum atomic E-state index is -0.395. The molecule has 0 atom stereocenters. The molecular formula is C14H12BrClN2O3. The Balaban J connectivity index is 1.81. The van der Waals surface area contributed by atoms with Gasteiger partial charge in [0.25, 0.3) is 5.91 Å². The average molecular weight is 372 g/mol. The number of hydrogen-bond donors (Lipinski definition) is 1. The topological polar surface area (TPSA) is 63.8 Å². The molecular weight excluding hydrogens is 360 g/mol. The molecule has 0 aliphatic rings. The predicted octanol–water partition coefficient (Wildman–Crippen LogP) is 3.53. The SMILES string of the molecule is Cc1ccc(C=NNC(=O)COc2ccc(Br)cc2Cl)o1. The molecule has 0 bridgehead atoms. The third-order valence-electron chi connectivity index (χ3n) is 2.39. The summed E-state index contributed by atoms with van der Waals surface area (Å²) >= 11 is 9.26. The van der Waals surface area contributed by atoms with Crippen LogP contribution in [0.1, 0.15) is 11.5 Å². The average Bonchev–Trinajstić information content (AvgIpc) is 2.83. The van der Waals surface area contributed by atoms with Crippen LogP contribution in [0.5, 0.6) is 5.75 Å². The summed E-state index contributed by atoms with van der Waals surface area (Å²) in [7, 11) is 0. The van der Waals surface area contributed by atoms with Crippen molar-refractivity contribution in [2.45, 2.75) is 6.92 Å². The molecule has 110 valence electrons. The highest BCUT2D eigenvalue weighted by Crippen LogP contribution is 2.27. The van der Waals surface area contributed by atoms with Crippen LogP contribution in [0.3, 0.4) is 0 Å². The molecule has 0 saturated carbocycles. The predicted molar refractivity (Wildman–Crippen MR) is 83.8 cm³/mol. The van der Waals surface area contributed by atoms with Crippen LogP contribution in [-0.4, -0.2) is 18.7 Å². The number of carbonyl (C=O) groups is 1. The number of benzene rings is 1. The van der Waals surface area contributed by atoms with Crippen molar-refractivity contribution < 1.29 is 13.9 Å². The van der Waals surface area contributed by atoms with E-state index in [0.717, 1.165) is 10.2 Å². The van der Waals surface area contributed by atoms with E-state index in [-0.39, 0.29) is 6.61 Å². The second-order valence-electron chi connectivity index (χ2n) is 4.11. The van der Waals surface area contributed by atoms with Gasteiger partial charge in [0.15, 0.2) is 6.61 Å². The summed E-state index contributed by atoms with van der Waals surface area (Å²) in [5.41, 5.74) is 2.33. The number of carbonyl (C=O) groups excluding carboxylic acids is 1. The van der Waals surface area contributed by atoms with Gasteiger partial charge in [-0.3, -0.25) is 4.79 Å². The van der Waals surface area contributed by atoms with Crippen molar-refractivity contribution >= 4 is 39.7 Å². The number of amides is 1. The van der Waals surface area contributed by atoms with Crippen molar-refractivity contribution in [3.63, 3.8) is 0 Å². The van der Waals surface area contributed by atoms with Gasteiger partial charge in [-0.25, -0.2) is 5.43 Å². The number of ether oxygens (including phenoxy) is 1. The molecule has 1 aromatic carbocycles. The van der Waals surface area contributed by atoms with Crippen LogP contribution in [0, 0.1) is 6.92 Å². The van der Waals surface area contributed by atoms with E-state index < -0.39 is 5.91 Å². The monoisotopic (exact) mass is 370 g/mol. The molecule has 0 fully saturated rings. The quantitative estimate of drug-likeness (QED) is 0.646. The van der Waals surface area contributed by atoms with E-state index in [2.05, 4.69) is 26.5 Å². The van der Waals surface area contributed by atoms with Gasteiger partial charge in [0.05, 0.1) is 11.2 Å². The van der Waals surface area contributed by atoms with Gasteiger partial charge in [-0.15, -0.1) is 0 Å². The summed E-state index contributed by atoms with van der Waals surface area (Å²) in [5, 5.41) is 4.19. The second kappa shape index (κ2) is 7.28. The summed E-state index contributed by atoms with van der Waals surface area (Å²) in [5.74, 6) is 1.37. The van der Waals surface area contributed by atoms with Crippen LogP contribution in [0.4, 0.5) is 0 Å². The van der Waals surface area contributed by atoms with E-state index in [9.17, 15) is 4.79 Å². The van der Waals surface area contributed by atoms with E-state index in [1.807, 2.05) is 13.0 Å². The summed E-state index contributed by atoms with van der Waals surface area (Å²) in [6.45, 7) is 1.64. The zero-order chi connectivity index (χ0) is 15.2. The fourth-order valence-corrected chi connectivity index (χ4v) is 2.19. The van der Waals surface area contributed by atoms with Crippen LogP contribution < -0.4 is 10.2 Å². The molecule has 0 aliphatic heterocycles. The van der Waals surface area contributed by atoms with Crippen molar-refractivity contribution in [3.8, 4) is 5.75 Å². The van der Waals surface area contributed by atoms with Gasteiger partial charge in [-0.1, -0.05) is 27.5 Å². The smallest absolute Gasteiger partial charge is 0.277 e. The highest BCUT2D eigenvalue weighted by molar-refractivity contribution is 9.10. The second-order valence-corrected chi connectivity index (χ2v) is 5.43. The highest BCUT2D eigenvalue weighted by atomic mass is 79.9. The third kappa shape index (κ3) is 4.91. The highest BCUT2D eigenvalue weighted by Gasteiger charge is 2.05. The molecule has 0 spiro atoms. The number of furan rings is 1. The minimum Gasteiger partial charge on any atom is -0.482 e. The Labute approximate surface area is 135 Å². The third-order valence-corrected chi connectivity index (χ3v) is 3.18. The Bertz CT molecular complexity index is 670. The number of nitrogens with one attached hydrogen (secondary N) is 1. The van der Waals surface area contributed by atoms with Crippen LogP contribution in [0.2, 0.25) is 5.02 Å². The fraction of sp³-hybridized carbons (Fsp3) is 0.143. The van der Waals surface area contributed by atoms with Crippen molar-refractivity contribution in [2.75, 3.05) is 6.61 Å². The lowest BCUT2D eigenvalue weighted by molar-refractivity contribution is -0.123. The molecule has 2 rings (SSSR count). The molecule has 1 N–H and O–H groups in total. The molecule has 0 unspecified atom stereocenters. The first-order valence-electron chi connectivity index (χ1n) is 6.01. The molecule has 1 heterocycles. The van der Waals surface area contributed by atoms with Crippen molar-refractivity contribution in [3.05, 3.63) is 51.3 Å². The maximum atomic E-state index is 11.6. The lowest BCUT2D eigenvalue weighted by atomic mass is 10.3. The van der Waals surface area contributed by atoms with Gasteiger partial charge >= 0.3 is 0 Å². The summed E-state index contributed by atoms with van der Waals surface area (Å²) in [6.07, 6.45) is 1.41. The van der Waals surface area contributed by atoms with Crippen molar-refractivity contribution in [2.24, 2.45) is 5.10 Å². The molecule has 1 amide bonds. The summed E-state index contributed by atoms with van der Waals surface area (Å²) in [4.78, 5) is 11.6. The Morgan fingerprint density at radius 1 is 1.48 bits per heavy atom. The largest absolute Gasteiger partial charge is 0.482 e. The fourth-order valence-electron chi connectivity index (χ4n) is 1.46. The lowest BCUT2D eigenvalue weighted by Gasteiger charge is -2.06. The Morgan fingerprint density at radius 2 is 2.29 bits per heavy atom. The number of rotatable bonds is 5. The molecule has 0 aliphatic carbocycles. The first-order chi connectivity index (χ1) is 10.0. The first kappa shape index (κ1) is 15.6. The molecule has 0 radical (unpaired) electrons. The van der Waals surface area contributed by atoms with Crippen LogP contribution in [-0.2, 0) is 4.79 Å². The van der Waals surface area contributed by atoms with Gasteiger partial charge in [0, 0.05) is 4.47 Å². The van der Waals surface area contributed by atoms with Gasteiger partial charge < -0.3 is 9.15 Å². The normalized spacial score (nSPS) is 10.8.